The summed E-state index contributed by atoms with van der Waals surface area (Å²) < 4.78 is 19.0. The molecule has 2 aliphatic heterocycles. The fraction of sp³-hybridized carbons (Fsp3) is 0.310. The number of rotatable bonds is 6. The molecule has 3 aromatic carbocycles. The molecule has 1 N–H and O–H groups in total. The molecule has 0 unspecified atom stereocenters. The van der Waals surface area contributed by atoms with Crippen LogP contribution < -0.4 is 15.1 Å². The minimum Gasteiger partial charge on any atom is -0.378 e. The zero-order valence-corrected chi connectivity index (χ0v) is 20.8. The number of hydrogen-bond acceptors (Lipinski definition) is 7. The summed E-state index contributed by atoms with van der Waals surface area (Å²) in [7, 11) is 0. The van der Waals surface area contributed by atoms with Crippen LogP contribution in [0, 0.1) is 5.82 Å². The van der Waals surface area contributed by atoms with Crippen molar-refractivity contribution in [1.29, 1.82) is 0 Å². The first-order chi connectivity index (χ1) is 18.2. The summed E-state index contributed by atoms with van der Waals surface area (Å²) in [5.41, 5.74) is 3.19. The van der Waals surface area contributed by atoms with Gasteiger partial charge in [-0.3, -0.25) is 4.90 Å². The molecule has 190 valence electrons. The summed E-state index contributed by atoms with van der Waals surface area (Å²) in [5, 5.41) is 14.9. The molecule has 1 aromatic heterocycles. The standard InChI is InChI=1S/C29H31FN6O/c30-23-5-3-4-22(20-23)21-34-12-14-36(15-13-34)29-27-7-2-1-6-26(27)28(32-33-29)31-24-8-10-25(11-9-24)35-16-18-37-19-17-35/h1-11,20H,12-19,21H2,(H,31,32). The van der Waals surface area contributed by atoms with Gasteiger partial charge in [-0.2, -0.15) is 0 Å². The Balaban J connectivity index is 1.16. The summed E-state index contributed by atoms with van der Waals surface area (Å²) in [6, 6.07) is 23.6. The van der Waals surface area contributed by atoms with Gasteiger partial charge in [-0.15, -0.1) is 10.2 Å². The van der Waals surface area contributed by atoms with Gasteiger partial charge in [-0.1, -0.05) is 36.4 Å². The first-order valence-electron chi connectivity index (χ1n) is 12.9. The van der Waals surface area contributed by atoms with E-state index < -0.39 is 0 Å². The smallest absolute Gasteiger partial charge is 0.161 e. The maximum Gasteiger partial charge on any atom is 0.161 e. The van der Waals surface area contributed by atoms with E-state index in [1.54, 1.807) is 12.1 Å². The lowest BCUT2D eigenvalue weighted by Gasteiger charge is -2.35. The van der Waals surface area contributed by atoms with Gasteiger partial charge in [0.1, 0.15) is 5.82 Å². The van der Waals surface area contributed by atoms with Crippen LogP contribution in [0.4, 0.5) is 27.4 Å². The highest BCUT2D eigenvalue weighted by molar-refractivity contribution is 5.99. The maximum absolute atomic E-state index is 13.6. The van der Waals surface area contributed by atoms with Crippen LogP contribution >= 0.6 is 0 Å². The lowest BCUT2D eigenvalue weighted by atomic mass is 10.1. The summed E-state index contributed by atoms with van der Waals surface area (Å²) in [6.45, 7) is 7.63. The van der Waals surface area contributed by atoms with Crippen molar-refractivity contribution in [1.82, 2.24) is 15.1 Å². The third-order valence-electron chi connectivity index (χ3n) is 7.14. The van der Waals surface area contributed by atoms with Crippen molar-refractivity contribution in [3.8, 4) is 0 Å². The molecule has 0 amide bonds. The number of nitrogens with one attached hydrogen (secondary N) is 1. The maximum atomic E-state index is 13.6. The van der Waals surface area contributed by atoms with Crippen LogP contribution in [0.2, 0.25) is 0 Å². The lowest BCUT2D eigenvalue weighted by Crippen LogP contribution is -2.46. The first-order valence-corrected chi connectivity index (χ1v) is 12.9. The van der Waals surface area contributed by atoms with E-state index in [1.165, 1.54) is 11.8 Å². The molecule has 3 heterocycles. The van der Waals surface area contributed by atoms with Crippen molar-refractivity contribution in [3.63, 3.8) is 0 Å². The Kier molecular flexibility index (Phi) is 6.84. The molecule has 37 heavy (non-hydrogen) atoms. The number of morpholine rings is 1. The van der Waals surface area contributed by atoms with E-state index in [-0.39, 0.29) is 5.82 Å². The molecule has 0 radical (unpaired) electrons. The van der Waals surface area contributed by atoms with Crippen molar-refractivity contribution in [2.45, 2.75) is 6.54 Å². The molecule has 6 rings (SSSR count). The van der Waals surface area contributed by atoms with Gasteiger partial charge >= 0.3 is 0 Å². The normalized spacial score (nSPS) is 16.8. The fourth-order valence-electron chi connectivity index (χ4n) is 5.14. The van der Waals surface area contributed by atoms with Crippen LogP contribution in [0.15, 0.2) is 72.8 Å². The molecule has 2 saturated heterocycles. The number of benzene rings is 3. The monoisotopic (exact) mass is 498 g/mol. The second-order valence-corrected chi connectivity index (χ2v) is 9.58. The minimum absolute atomic E-state index is 0.181. The van der Waals surface area contributed by atoms with E-state index in [0.29, 0.717) is 0 Å². The first kappa shape index (κ1) is 23.6. The van der Waals surface area contributed by atoms with Crippen molar-refractivity contribution in [2.75, 3.05) is 67.6 Å². The van der Waals surface area contributed by atoms with E-state index in [0.717, 1.165) is 92.7 Å². The Hall–Kier alpha value is -3.75. The average molecular weight is 499 g/mol. The fourth-order valence-corrected chi connectivity index (χ4v) is 5.14. The highest BCUT2D eigenvalue weighted by atomic mass is 19.1. The Bertz CT molecular complexity index is 1350. The average Bonchev–Trinajstić information content (AvgIpc) is 2.95. The molecule has 0 saturated carbocycles. The predicted octanol–water partition coefficient (Wildman–Crippen LogP) is 4.67. The molecular weight excluding hydrogens is 467 g/mol. The largest absolute Gasteiger partial charge is 0.378 e. The van der Waals surface area contributed by atoms with Gasteiger partial charge in [0, 0.05) is 68.0 Å². The van der Waals surface area contributed by atoms with E-state index in [1.807, 2.05) is 12.1 Å². The number of fused-ring (bicyclic) bond motifs is 1. The van der Waals surface area contributed by atoms with Crippen LogP contribution in [-0.2, 0) is 11.3 Å². The van der Waals surface area contributed by atoms with Gasteiger partial charge in [0.15, 0.2) is 11.6 Å². The molecular formula is C29H31FN6O. The molecule has 7 nitrogen and oxygen atoms in total. The summed E-state index contributed by atoms with van der Waals surface area (Å²) in [5.74, 6) is 1.48. The molecule has 0 spiro atoms. The molecule has 4 aromatic rings. The third kappa shape index (κ3) is 5.35. The summed E-state index contributed by atoms with van der Waals surface area (Å²) in [6.07, 6.45) is 0. The van der Waals surface area contributed by atoms with E-state index >= 15 is 0 Å². The van der Waals surface area contributed by atoms with Crippen LogP contribution in [0.5, 0.6) is 0 Å². The third-order valence-corrected chi connectivity index (χ3v) is 7.14. The number of piperazine rings is 1. The number of anilines is 4. The number of aromatic nitrogens is 2. The lowest BCUT2D eigenvalue weighted by molar-refractivity contribution is 0.122. The molecule has 0 bridgehead atoms. The molecule has 2 fully saturated rings. The predicted molar refractivity (Wildman–Crippen MR) is 146 cm³/mol. The SMILES string of the molecule is Fc1cccc(CN2CCN(c3nnc(Nc4ccc(N5CCOCC5)cc4)c4ccccc34)CC2)c1. The minimum atomic E-state index is -0.181. The van der Waals surface area contributed by atoms with Crippen LogP contribution in [0.1, 0.15) is 5.56 Å². The van der Waals surface area contributed by atoms with E-state index in [2.05, 4.69) is 72.7 Å². The zero-order chi connectivity index (χ0) is 25.0. The second-order valence-electron chi connectivity index (χ2n) is 9.58. The Morgan fingerprint density at radius 2 is 1.51 bits per heavy atom. The van der Waals surface area contributed by atoms with Gasteiger partial charge in [-0.25, -0.2) is 4.39 Å². The number of halogens is 1. The Labute approximate surface area is 216 Å². The summed E-state index contributed by atoms with van der Waals surface area (Å²) >= 11 is 0. The zero-order valence-electron chi connectivity index (χ0n) is 20.8. The summed E-state index contributed by atoms with van der Waals surface area (Å²) in [4.78, 5) is 7.00. The number of hydrogen-bond donors (Lipinski definition) is 1. The van der Waals surface area contributed by atoms with Crippen molar-refractivity contribution in [3.05, 3.63) is 84.2 Å². The van der Waals surface area contributed by atoms with Gasteiger partial charge in [0.05, 0.1) is 13.2 Å². The van der Waals surface area contributed by atoms with E-state index in [4.69, 9.17) is 4.74 Å². The van der Waals surface area contributed by atoms with Gasteiger partial charge in [0.25, 0.3) is 0 Å². The van der Waals surface area contributed by atoms with Crippen LogP contribution in [-0.4, -0.2) is 67.6 Å². The topological polar surface area (TPSA) is 56.8 Å². The number of ether oxygens (including phenoxy) is 1. The quantitative estimate of drug-likeness (QED) is 0.415. The van der Waals surface area contributed by atoms with Crippen LogP contribution in [0.25, 0.3) is 10.8 Å². The molecule has 0 aliphatic carbocycles. The van der Waals surface area contributed by atoms with Gasteiger partial charge in [0.2, 0.25) is 0 Å². The highest BCUT2D eigenvalue weighted by Gasteiger charge is 2.21. The van der Waals surface area contributed by atoms with Crippen molar-refractivity contribution < 1.29 is 9.13 Å². The van der Waals surface area contributed by atoms with Crippen molar-refractivity contribution in [2.24, 2.45) is 0 Å². The Morgan fingerprint density at radius 3 is 2.27 bits per heavy atom. The van der Waals surface area contributed by atoms with E-state index in [9.17, 15) is 4.39 Å². The highest BCUT2D eigenvalue weighted by Crippen LogP contribution is 2.31. The van der Waals surface area contributed by atoms with Crippen LogP contribution in [0.3, 0.4) is 0 Å². The molecule has 8 heteroatoms. The molecule has 2 aliphatic rings. The van der Waals surface area contributed by atoms with Crippen molar-refractivity contribution >= 4 is 33.8 Å². The van der Waals surface area contributed by atoms with Gasteiger partial charge in [-0.05, 0) is 42.0 Å². The second kappa shape index (κ2) is 10.7. The van der Waals surface area contributed by atoms with Gasteiger partial charge < -0.3 is 19.9 Å². The number of nitrogens with zero attached hydrogens (tertiary/aromatic N) is 5. The Morgan fingerprint density at radius 1 is 0.757 bits per heavy atom. The molecule has 0 atom stereocenters.